The van der Waals surface area contributed by atoms with Crippen LogP contribution < -0.4 is 21.9 Å². The van der Waals surface area contributed by atoms with Gasteiger partial charge in [0.05, 0.1) is 22.9 Å². The molecule has 0 fully saturated rings. The molecule has 1 aromatic heterocycles. The highest BCUT2D eigenvalue weighted by Gasteiger charge is 2.17. The maximum atomic E-state index is 14.2. The molecule has 10 nitrogen and oxygen atoms in total. The van der Waals surface area contributed by atoms with Crippen molar-refractivity contribution in [2.24, 2.45) is 16.7 Å². The first-order valence-corrected chi connectivity index (χ1v) is 8.40. The molecule has 0 aliphatic rings. The van der Waals surface area contributed by atoms with Crippen LogP contribution >= 0.6 is 0 Å². The molecule has 0 spiro atoms. The molecule has 0 radical (unpaired) electrons. The van der Waals surface area contributed by atoms with Crippen LogP contribution in [0.4, 0.5) is 10.1 Å². The second kappa shape index (κ2) is 7.92. The second-order valence-corrected chi connectivity index (χ2v) is 6.07. The van der Waals surface area contributed by atoms with Gasteiger partial charge in [-0.1, -0.05) is 6.07 Å². The maximum Gasteiger partial charge on any atom is 0.271 e. The number of nitrogens with zero attached hydrogens (tertiary/aromatic N) is 4. The molecule has 3 rings (SSSR count). The van der Waals surface area contributed by atoms with E-state index in [0.29, 0.717) is 11.3 Å². The fourth-order valence-electron chi connectivity index (χ4n) is 2.87. The monoisotopic (exact) mass is 400 g/mol. The summed E-state index contributed by atoms with van der Waals surface area (Å²) in [6.45, 7) is 0.0353. The van der Waals surface area contributed by atoms with Crippen LogP contribution in [0.3, 0.4) is 0 Å². The molecule has 0 amide bonds. The van der Waals surface area contributed by atoms with Crippen molar-refractivity contribution >= 4 is 22.4 Å². The van der Waals surface area contributed by atoms with Crippen molar-refractivity contribution in [2.45, 2.75) is 13.0 Å². The van der Waals surface area contributed by atoms with Crippen molar-refractivity contribution in [1.82, 2.24) is 9.55 Å². The predicted molar refractivity (Wildman–Crippen MR) is 104 cm³/mol. The lowest BCUT2D eigenvalue weighted by Gasteiger charge is -2.13. The van der Waals surface area contributed by atoms with E-state index in [0.717, 1.165) is 6.07 Å². The van der Waals surface area contributed by atoms with E-state index in [1.54, 1.807) is 12.1 Å². The zero-order chi connectivity index (χ0) is 21.1. The summed E-state index contributed by atoms with van der Waals surface area (Å²) in [6.07, 6.45) is 0.154. The summed E-state index contributed by atoms with van der Waals surface area (Å²) in [5, 5.41) is 14.5. The number of hydrogen-bond donors (Lipinski definition) is 2. The summed E-state index contributed by atoms with van der Waals surface area (Å²) < 4.78 is 20.4. The molecule has 0 unspecified atom stereocenters. The first-order valence-electron chi connectivity index (χ1n) is 8.40. The van der Waals surface area contributed by atoms with E-state index in [1.165, 1.54) is 29.9 Å². The van der Waals surface area contributed by atoms with Crippen LogP contribution in [0.25, 0.3) is 10.9 Å². The number of nitro benzene ring substituents is 1. The van der Waals surface area contributed by atoms with Crippen molar-refractivity contribution in [3.05, 3.63) is 74.1 Å². The van der Waals surface area contributed by atoms with Gasteiger partial charge in [-0.2, -0.15) is 5.10 Å². The minimum atomic E-state index is -0.598. The van der Waals surface area contributed by atoms with Crippen LogP contribution in [-0.2, 0) is 13.0 Å². The van der Waals surface area contributed by atoms with Crippen molar-refractivity contribution in [1.29, 1.82) is 0 Å². The highest BCUT2D eigenvalue weighted by Crippen LogP contribution is 2.19. The Balaban J connectivity index is 2.08. The molecule has 2 aromatic carbocycles. The molecule has 0 saturated carbocycles. The third-order valence-electron chi connectivity index (χ3n) is 4.38. The number of methoxy groups -OCH3 is 1. The fourth-order valence-corrected chi connectivity index (χ4v) is 2.87. The number of nitro groups is 1. The number of nitrogens with two attached hydrogens (primary N) is 2. The van der Waals surface area contributed by atoms with Crippen LogP contribution in [-0.4, -0.2) is 27.4 Å². The predicted octanol–water partition coefficient (Wildman–Crippen LogP) is 1.27. The smallest absolute Gasteiger partial charge is 0.271 e. The number of fused-ring (bicyclic) bond motifs is 1. The minimum Gasteiger partial charge on any atom is -0.497 e. The summed E-state index contributed by atoms with van der Waals surface area (Å²) >= 11 is 0. The molecule has 0 aliphatic heterocycles. The van der Waals surface area contributed by atoms with Gasteiger partial charge >= 0.3 is 0 Å². The van der Waals surface area contributed by atoms with E-state index in [-0.39, 0.29) is 41.2 Å². The number of hydrazone groups is 1. The Kier molecular flexibility index (Phi) is 5.39. The molecular formula is C18H17FN6O4. The van der Waals surface area contributed by atoms with Gasteiger partial charge in [-0.15, -0.1) is 0 Å². The molecule has 0 aliphatic carbocycles. The normalized spacial score (nSPS) is 11.6. The number of non-ortho nitro benzene ring substituents is 1. The number of rotatable bonds is 6. The first kappa shape index (κ1) is 19.7. The summed E-state index contributed by atoms with van der Waals surface area (Å²) in [7, 11) is 1.43. The average Bonchev–Trinajstić information content (AvgIpc) is 2.72. The maximum absolute atomic E-state index is 14.2. The second-order valence-electron chi connectivity index (χ2n) is 6.07. The van der Waals surface area contributed by atoms with E-state index < -0.39 is 16.3 Å². The zero-order valence-corrected chi connectivity index (χ0v) is 15.3. The average molecular weight is 400 g/mol. The van der Waals surface area contributed by atoms with Crippen LogP contribution in [0.5, 0.6) is 5.75 Å². The lowest BCUT2D eigenvalue weighted by Crippen LogP contribution is -2.32. The summed E-state index contributed by atoms with van der Waals surface area (Å²) in [5.41, 5.74) is 5.48. The Bertz CT molecular complexity index is 1190. The number of hydrogen-bond acceptors (Lipinski definition) is 7. The highest BCUT2D eigenvalue weighted by atomic mass is 19.1. The Labute approximate surface area is 163 Å². The molecule has 4 N–H and O–H groups in total. The van der Waals surface area contributed by atoms with Crippen molar-refractivity contribution in [2.75, 3.05) is 7.11 Å². The number of amidine groups is 1. The summed E-state index contributed by atoms with van der Waals surface area (Å²) in [5.74, 6) is 4.84. The Morgan fingerprint density at radius 2 is 2.10 bits per heavy atom. The van der Waals surface area contributed by atoms with E-state index in [4.69, 9.17) is 16.3 Å². The highest BCUT2D eigenvalue weighted by molar-refractivity contribution is 5.96. The number of halogens is 1. The van der Waals surface area contributed by atoms with Gasteiger partial charge in [0.25, 0.3) is 11.2 Å². The number of ether oxygens (including phenoxy) is 1. The number of aryl methyl sites for hydroxylation is 1. The van der Waals surface area contributed by atoms with Gasteiger partial charge in [-0.3, -0.25) is 19.5 Å². The Hall–Kier alpha value is -4.02. The summed E-state index contributed by atoms with van der Waals surface area (Å²) in [4.78, 5) is 27.6. The largest absolute Gasteiger partial charge is 0.497 e. The minimum absolute atomic E-state index is 0.0353. The topological polar surface area (TPSA) is 152 Å². The van der Waals surface area contributed by atoms with Gasteiger partial charge in [0.2, 0.25) is 0 Å². The Morgan fingerprint density at radius 3 is 2.72 bits per heavy atom. The van der Waals surface area contributed by atoms with Gasteiger partial charge in [-0.05, 0) is 24.1 Å². The summed E-state index contributed by atoms with van der Waals surface area (Å²) in [6, 6.07) is 8.09. The molecule has 3 aromatic rings. The van der Waals surface area contributed by atoms with Gasteiger partial charge < -0.3 is 16.3 Å². The van der Waals surface area contributed by atoms with Crippen molar-refractivity contribution in [3.63, 3.8) is 0 Å². The fraction of sp³-hybridized carbons (Fsp3) is 0.167. The van der Waals surface area contributed by atoms with E-state index in [1.807, 2.05) is 0 Å². The van der Waals surface area contributed by atoms with Crippen LogP contribution in [0, 0.1) is 15.9 Å². The molecular weight excluding hydrogens is 383 g/mol. The molecule has 150 valence electrons. The van der Waals surface area contributed by atoms with Gasteiger partial charge in [-0.25, -0.2) is 9.37 Å². The molecule has 1 heterocycles. The molecule has 11 heteroatoms. The quantitative estimate of drug-likeness (QED) is 0.208. The molecule has 0 saturated heterocycles. The molecule has 29 heavy (non-hydrogen) atoms. The van der Waals surface area contributed by atoms with E-state index in [9.17, 15) is 19.3 Å². The number of benzene rings is 2. The molecule has 0 atom stereocenters. The third-order valence-corrected chi connectivity index (χ3v) is 4.38. The van der Waals surface area contributed by atoms with Gasteiger partial charge in [0, 0.05) is 24.7 Å². The SMILES string of the molecule is COc1ccc(CCn2c(/C(N)=N/N)nc3cc([N+](=O)[O-])ccc3c2=O)c(F)c1. The lowest BCUT2D eigenvalue weighted by atomic mass is 10.1. The zero-order valence-electron chi connectivity index (χ0n) is 15.3. The lowest BCUT2D eigenvalue weighted by molar-refractivity contribution is -0.384. The third kappa shape index (κ3) is 3.83. The van der Waals surface area contributed by atoms with Crippen molar-refractivity contribution in [3.8, 4) is 5.75 Å². The number of aromatic nitrogens is 2. The van der Waals surface area contributed by atoms with Crippen LogP contribution in [0.15, 0.2) is 46.3 Å². The Morgan fingerprint density at radius 1 is 1.34 bits per heavy atom. The van der Waals surface area contributed by atoms with Crippen LogP contribution in [0.1, 0.15) is 11.4 Å². The van der Waals surface area contributed by atoms with Gasteiger partial charge in [0.15, 0.2) is 11.7 Å². The standard InChI is InChI=1S/C18H17FN6O4/c1-29-12-4-2-10(14(19)9-12)6-7-24-17(16(20)23-21)22-15-8-11(25(27)28)3-5-13(15)18(24)26/h2-5,8-9H,6-7,21H2,1H3,(H2,20,23). The van der Waals surface area contributed by atoms with E-state index >= 15 is 0 Å². The molecule has 0 bridgehead atoms. The van der Waals surface area contributed by atoms with Crippen LogP contribution in [0.2, 0.25) is 0 Å². The van der Waals surface area contributed by atoms with E-state index in [2.05, 4.69) is 10.1 Å². The van der Waals surface area contributed by atoms with Gasteiger partial charge in [0.1, 0.15) is 11.6 Å². The first-order chi connectivity index (χ1) is 13.8. The van der Waals surface area contributed by atoms with Crippen molar-refractivity contribution < 1.29 is 14.1 Å².